The van der Waals surface area contributed by atoms with Gasteiger partial charge in [0.2, 0.25) is 0 Å². The molecular formula is C16H35NO3. The molecule has 0 spiro atoms. The summed E-state index contributed by atoms with van der Waals surface area (Å²) >= 11 is 0. The Morgan fingerprint density at radius 2 is 1.40 bits per heavy atom. The average molecular weight is 289 g/mol. The summed E-state index contributed by atoms with van der Waals surface area (Å²) in [5.74, 6) is 0.688. The van der Waals surface area contributed by atoms with Gasteiger partial charge in [0.15, 0.2) is 0 Å². The van der Waals surface area contributed by atoms with Crippen LogP contribution in [0, 0.1) is 5.92 Å². The lowest BCUT2D eigenvalue weighted by atomic mass is 9.95. The molecule has 0 rings (SSSR count). The fourth-order valence-electron chi connectivity index (χ4n) is 2.07. The van der Waals surface area contributed by atoms with Gasteiger partial charge in [-0.2, -0.15) is 0 Å². The molecule has 20 heavy (non-hydrogen) atoms. The molecule has 0 aromatic heterocycles. The van der Waals surface area contributed by atoms with Crippen LogP contribution in [0.2, 0.25) is 0 Å². The van der Waals surface area contributed by atoms with Crippen molar-refractivity contribution in [2.75, 3.05) is 46.7 Å². The Morgan fingerprint density at radius 1 is 0.850 bits per heavy atom. The summed E-state index contributed by atoms with van der Waals surface area (Å²) in [6.45, 7) is 11.0. The van der Waals surface area contributed by atoms with E-state index in [9.17, 15) is 0 Å². The van der Waals surface area contributed by atoms with Crippen LogP contribution in [0.1, 0.15) is 46.5 Å². The van der Waals surface area contributed by atoms with Gasteiger partial charge in [-0.25, -0.2) is 0 Å². The quantitative estimate of drug-likeness (QED) is 0.471. The van der Waals surface area contributed by atoms with E-state index in [1.807, 2.05) is 7.05 Å². The van der Waals surface area contributed by atoms with Gasteiger partial charge in [-0.15, -0.1) is 0 Å². The van der Waals surface area contributed by atoms with Crippen molar-refractivity contribution in [2.45, 2.75) is 52.5 Å². The maximum atomic E-state index is 5.61. The smallest absolute Gasteiger partial charge is 0.0701 e. The topological polar surface area (TPSA) is 39.7 Å². The van der Waals surface area contributed by atoms with Crippen LogP contribution in [-0.4, -0.2) is 52.7 Å². The third-order valence-corrected chi connectivity index (χ3v) is 3.71. The van der Waals surface area contributed by atoms with E-state index in [0.29, 0.717) is 38.4 Å². The maximum absolute atomic E-state index is 5.61. The number of hydrogen-bond donors (Lipinski definition) is 1. The van der Waals surface area contributed by atoms with Gasteiger partial charge in [0, 0.05) is 19.3 Å². The first-order chi connectivity index (χ1) is 9.76. The normalized spacial score (nSPS) is 14.4. The average Bonchev–Trinajstić information content (AvgIpc) is 2.48. The lowest BCUT2D eigenvalue weighted by molar-refractivity contribution is 0.0112. The molecule has 0 aliphatic carbocycles. The summed E-state index contributed by atoms with van der Waals surface area (Å²) in [7, 11) is 2.02. The van der Waals surface area contributed by atoms with Crippen molar-refractivity contribution in [3.63, 3.8) is 0 Å². The highest BCUT2D eigenvalue weighted by Crippen LogP contribution is 2.12. The minimum Gasteiger partial charge on any atom is -0.379 e. The molecule has 2 unspecified atom stereocenters. The molecule has 0 saturated heterocycles. The highest BCUT2D eigenvalue weighted by Gasteiger charge is 2.12. The van der Waals surface area contributed by atoms with E-state index in [4.69, 9.17) is 14.2 Å². The lowest BCUT2D eigenvalue weighted by Crippen LogP contribution is -2.31. The largest absolute Gasteiger partial charge is 0.379 e. The zero-order chi connectivity index (χ0) is 15.1. The second-order valence-electron chi connectivity index (χ2n) is 5.23. The second-order valence-corrected chi connectivity index (χ2v) is 5.23. The first-order valence-corrected chi connectivity index (χ1v) is 8.16. The first-order valence-electron chi connectivity index (χ1n) is 8.16. The molecule has 122 valence electrons. The Morgan fingerprint density at radius 3 is 1.90 bits per heavy atom. The number of rotatable bonds is 15. The lowest BCUT2D eigenvalue weighted by Gasteiger charge is -2.22. The van der Waals surface area contributed by atoms with E-state index in [-0.39, 0.29) is 0 Å². The molecule has 2 atom stereocenters. The van der Waals surface area contributed by atoms with Crippen LogP contribution in [0.15, 0.2) is 0 Å². The molecule has 0 aromatic rings. The van der Waals surface area contributed by atoms with E-state index >= 15 is 0 Å². The molecular weight excluding hydrogens is 254 g/mol. The van der Waals surface area contributed by atoms with E-state index in [1.54, 1.807) is 0 Å². The van der Waals surface area contributed by atoms with Crippen molar-refractivity contribution in [3.05, 3.63) is 0 Å². The minimum absolute atomic E-state index is 0.556. The van der Waals surface area contributed by atoms with Crippen LogP contribution in [0.4, 0.5) is 0 Å². The van der Waals surface area contributed by atoms with Gasteiger partial charge in [-0.1, -0.05) is 26.7 Å². The van der Waals surface area contributed by atoms with Crippen molar-refractivity contribution in [1.82, 2.24) is 5.32 Å². The zero-order valence-electron chi connectivity index (χ0n) is 14.0. The molecule has 1 N–H and O–H groups in total. The van der Waals surface area contributed by atoms with Gasteiger partial charge in [0.25, 0.3) is 0 Å². The van der Waals surface area contributed by atoms with Gasteiger partial charge in [0.1, 0.15) is 0 Å². The Labute approximate surface area is 125 Å². The van der Waals surface area contributed by atoms with Gasteiger partial charge in [-0.3, -0.25) is 0 Å². The molecule has 0 aliphatic rings. The fourth-order valence-corrected chi connectivity index (χ4v) is 2.07. The Kier molecular flexibility index (Phi) is 15.1. The monoisotopic (exact) mass is 289 g/mol. The summed E-state index contributed by atoms with van der Waals surface area (Å²) in [6, 6.07) is 0.556. The third kappa shape index (κ3) is 11.6. The number of unbranched alkanes of at least 4 members (excludes halogenated alkanes) is 1. The fraction of sp³-hybridized carbons (Fsp3) is 1.00. The summed E-state index contributed by atoms with van der Waals surface area (Å²) in [6.07, 6.45) is 4.61. The van der Waals surface area contributed by atoms with Crippen molar-refractivity contribution < 1.29 is 14.2 Å². The molecule has 0 radical (unpaired) electrons. The van der Waals surface area contributed by atoms with Crippen molar-refractivity contribution in [1.29, 1.82) is 0 Å². The minimum atomic E-state index is 0.556. The van der Waals surface area contributed by atoms with E-state index in [1.165, 1.54) is 12.8 Å². The van der Waals surface area contributed by atoms with Crippen molar-refractivity contribution in [3.8, 4) is 0 Å². The van der Waals surface area contributed by atoms with Crippen LogP contribution in [0.3, 0.4) is 0 Å². The Balaban J connectivity index is 3.23. The van der Waals surface area contributed by atoms with Gasteiger partial charge in [-0.05, 0) is 32.7 Å². The standard InChI is InChI=1S/C16H35NO3/c1-5-7-9-18-11-13-20-14-12-19-10-8-16(6-2)15(3)17-4/h15-17H,5-14H2,1-4H3. The summed E-state index contributed by atoms with van der Waals surface area (Å²) in [4.78, 5) is 0. The number of ether oxygens (including phenoxy) is 3. The zero-order valence-corrected chi connectivity index (χ0v) is 14.0. The molecule has 0 fully saturated rings. The highest BCUT2D eigenvalue weighted by molar-refractivity contribution is 4.69. The Hall–Kier alpha value is -0.160. The van der Waals surface area contributed by atoms with E-state index in [2.05, 4.69) is 26.1 Å². The summed E-state index contributed by atoms with van der Waals surface area (Å²) < 4.78 is 16.5. The molecule has 4 nitrogen and oxygen atoms in total. The number of hydrogen-bond acceptors (Lipinski definition) is 4. The highest BCUT2D eigenvalue weighted by atomic mass is 16.5. The molecule has 0 heterocycles. The summed E-state index contributed by atoms with van der Waals surface area (Å²) in [5.41, 5.74) is 0. The van der Waals surface area contributed by atoms with Crippen LogP contribution in [-0.2, 0) is 14.2 Å². The first kappa shape index (κ1) is 19.8. The van der Waals surface area contributed by atoms with Gasteiger partial charge < -0.3 is 19.5 Å². The molecule has 0 aliphatic heterocycles. The van der Waals surface area contributed by atoms with Crippen LogP contribution >= 0.6 is 0 Å². The predicted molar refractivity (Wildman–Crippen MR) is 84.3 cm³/mol. The van der Waals surface area contributed by atoms with Crippen LogP contribution < -0.4 is 5.32 Å². The van der Waals surface area contributed by atoms with E-state index in [0.717, 1.165) is 26.1 Å². The summed E-state index contributed by atoms with van der Waals surface area (Å²) in [5, 5.41) is 3.31. The molecule has 0 amide bonds. The third-order valence-electron chi connectivity index (χ3n) is 3.71. The molecule has 0 aromatic carbocycles. The van der Waals surface area contributed by atoms with Crippen LogP contribution in [0.25, 0.3) is 0 Å². The van der Waals surface area contributed by atoms with Crippen LogP contribution in [0.5, 0.6) is 0 Å². The Bertz CT molecular complexity index is 191. The van der Waals surface area contributed by atoms with Crippen molar-refractivity contribution in [2.24, 2.45) is 5.92 Å². The molecule has 0 saturated carbocycles. The number of nitrogens with one attached hydrogen (secondary N) is 1. The maximum Gasteiger partial charge on any atom is 0.0701 e. The van der Waals surface area contributed by atoms with Gasteiger partial charge in [0.05, 0.1) is 26.4 Å². The van der Waals surface area contributed by atoms with Gasteiger partial charge >= 0.3 is 0 Å². The van der Waals surface area contributed by atoms with Crippen molar-refractivity contribution >= 4 is 0 Å². The predicted octanol–water partition coefficient (Wildman–Crippen LogP) is 2.86. The van der Waals surface area contributed by atoms with E-state index < -0.39 is 0 Å². The SMILES string of the molecule is CCCCOCCOCCOCCC(CC)C(C)NC. The molecule has 4 heteroatoms. The molecule has 0 bridgehead atoms. The second kappa shape index (κ2) is 15.2.